The Morgan fingerprint density at radius 3 is 2.48 bits per heavy atom. The molecule has 1 aromatic heterocycles. The van der Waals surface area contributed by atoms with E-state index in [1.165, 1.54) is 30.5 Å². The molecular weight excluding hydrogens is 284 g/mol. The Morgan fingerprint density at radius 1 is 1.04 bits per heavy atom. The van der Waals surface area contributed by atoms with Crippen LogP contribution < -0.4 is 0 Å². The lowest BCUT2D eigenvalue weighted by molar-refractivity contribution is -0.139. The zero-order valence-corrected chi connectivity index (χ0v) is 13.5. The van der Waals surface area contributed by atoms with Crippen LogP contribution in [0, 0.1) is 5.92 Å². The lowest BCUT2D eigenvalue weighted by atomic mass is 9.84. The van der Waals surface area contributed by atoms with Crippen molar-refractivity contribution in [2.75, 3.05) is 0 Å². The fourth-order valence-corrected chi connectivity index (χ4v) is 3.36. The SMILES string of the molecule is O=C(C1CCC1)N(Cc1cccn1Cc1ccccc1)C1CC1. The Kier molecular flexibility index (Phi) is 3.94. The summed E-state index contributed by atoms with van der Waals surface area (Å²) in [5.74, 6) is 0.694. The number of hydrogen-bond acceptors (Lipinski definition) is 1. The normalized spacial score (nSPS) is 17.7. The first-order valence-corrected chi connectivity index (χ1v) is 8.79. The van der Waals surface area contributed by atoms with Crippen LogP contribution in [0.5, 0.6) is 0 Å². The molecule has 0 bridgehead atoms. The topological polar surface area (TPSA) is 25.2 Å². The summed E-state index contributed by atoms with van der Waals surface area (Å²) in [6.07, 6.45) is 7.89. The fraction of sp³-hybridized carbons (Fsp3) is 0.450. The maximum Gasteiger partial charge on any atom is 0.226 e. The van der Waals surface area contributed by atoms with Gasteiger partial charge in [0.15, 0.2) is 0 Å². The molecule has 23 heavy (non-hydrogen) atoms. The van der Waals surface area contributed by atoms with Crippen molar-refractivity contribution in [3.63, 3.8) is 0 Å². The van der Waals surface area contributed by atoms with Gasteiger partial charge in [-0.3, -0.25) is 4.79 Å². The molecule has 4 rings (SSSR count). The minimum Gasteiger partial charge on any atom is -0.345 e. The standard InChI is InChI=1S/C20H24N2O/c23-20(17-8-4-9-17)22(18-11-12-18)15-19-10-5-13-21(19)14-16-6-2-1-3-7-16/h1-3,5-7,10,13,17-18H,4,8-9,11-12,14-15H2. The van der Waals surface area contributed by atoms with Gasteiger partial charge in [0.05, 0.1) is 6.54 Å². The predicted molar refractivity (Wildman–Crippen MR) is 90.9 cm³/mol. The molecule has 2 saturated carbocycles. The predicted octanol–water partition coefficient (Wildman–Crippen LogP) is 3.83. The lowest BCUT2D eigenvalue weighted by Crippen LogP contribution is -2.40. The summed E-state index contributed by atoms with van der Waals surface area (Å²) in [6.45, 7) is 1.64. The van der Waals surface area contributed by atoms with E-state index in [-0.39, 0.29) is 0 Å². The van der Waals surface area contributed by atoms with Crippen molar-refractivity contribution >= 4 is 5.91 Å². The summed E-state index contributed by atoms with van der Waals surface area (Å²) in [4.78, 5) is 14.9. The van der Waals surface area contributed by atoms with Crippen LogP contribution >= 0.6 is 0 Å². The maximum atomic E-state index is 12.7. The van der Waals surface area contributed by atoms with Gasteiger partial charge in [0, 0.05) is 30.4 Å². The average molecular weight is 308 g/mol. The van der Waals surface area contributed by atoms with Gasteiger partial charge < -0.3 is 9.47 Å². The van der Waals surface area contributed by atoms with Crippen LogP contribution in [-0.2, 0) is 17.9 Å². The van der Waals surface area contributed by atoms with E-state index in [1.54, 1.807) is 0 Å². The van der Waals surface area contributed by atoms with Gasteiger partial charge in [-0.2, -0.15) is 0 Å². The van der Waals surface area contributed by atoms with Crippen molar-refractivity contribution in [3.8, 4) is 0 Å². The van der Waals surface area contributed by atoms with Crippen molar-refractivity contribution in [1.82, 2.24) is 9.47 Å². The Labute approximate surface area is 137 Å². The lowest BCUT2D eigenvalue weighted by Gasteiger charge is -2.32. The molecule has 0 atom stereocenters. The van der Waals surface area contributed by atoms with Crippen LogP contribution in [-0.4, -0.2) is 21.4 Å². The van der Waals surface area contributed by atoms with Crippen LogP contribution in [0.25, 0.3) is 0 Å². The van der Waals surface area contributed by atoms with Gasteiger partial charge in [0.1, 0.15) is 0 Å². The number of carbonyl (C=O) groups is 1. The van der Waals surface area contributed by atoms with Crippen LogP contribution in [0.15, 0.2) is 48.7 Å². The number of rotatable bonds is 6. The molecule has 1 amide bonds. The molecule has 0 aliphatic heterocycles. The molecule has 0 N–H and O–H groups in total. The monoisotopic (exact) mass is 308 g/mol. The van der Waals surface area contributed by atoms with Gasteiger partial charge >= 0.3 is 0 Å². The molecule has 3 heteroatoms. The summed E-state index contributed by atoms with van der Waals surface area (Å²) < 4.78 is 2.28. The second kappa shape index (κ2) is 6.23. The van der Waals surface area contributed by atoms with E-state index in [1.807, 2.05) is 6.07 Å². The number of aromatic nitrogens is 1. The molecule has 3 nitrogen and oxygen atoms in total. The molecule has 2 aliphatic rings. The summed E-state index contributed by atoms with van der Waals surface area (Å²) >= 11 is 0. The van der Waals surface area contributed by atoms with E-state index in [0.717, 1.165) is 25.9 Å². The highest BCUT2D eigenvalue weighted by Crippen LogP contribution is 2.35. The Balaban J connectivity index is 1.49. The van der Waals surface area contributed by atoms with Gasteiger partial charge in [-0.05, 0) is 43.4 Å². The first kappa shape index (κ1) is 14.6. The number of carbonyl (C=O) groups excluding carboxylic acids is 1. The number of amides is 1. The highest BCUT2D eigenvalue weighted by molar-refractivity contribution is 5.80. The van der Waals surface area contributed by atoms with Crippen molar-refractivity contribution < 1.29 is 4.79 Å². The molecule has 2 fully saturated rings. The average Bonchev–Trinajstić information content (AvgIpc) is 3.26. The molecule has 0 radical (unpaired) electrons. The van der Waals surface area contributed by atoms with E-state index in [0.29, 0.717) is 17.9 Å². The van der Waals surface area contributed by atoms with E-state index in [4.69, 9.17) is 0 Å². The molecule has 0 spiro atoms. The third kappa shape index (κ3) is 3.19. The summed E-state index contributed by atoms with van der Waals surface area (Å²) in [5.41, 5.74) is 2.54. The van der Waals surface area contributed by atoms with Gasteiger partial charge in [-0.1, -0.05) is 36.8 Å². The summed E-state index contributed by atoms with van der Waals surface area (Å²) in [6, 6.07) is 15.3. The van der Waals surface area contributed by atoms with Gasteiger partial charge in [-0.25, -0.2) is 0 Å². The van der Waals surface area contributed by atoms with Gasteiger partial charge in [0.2, 0.25) is 5.91 Å². The number of nitrogens with zero attached hydrogens (tertiary/aromatic N) is 2. The third-order valence-corrected chi connectivity index (χ3v) is 5.18. The molecule has 1 heterocycles. The third-order valence-electron chi connectivity index (χ3n) is 5.18. The molecule has 0 saturated heterocycles. The maximum absolute atomic E-state index is 12.7. The first-order valence-electron chi connectivity index (χ1n) is 8.79. The molecule has 0 unspecified atom stereocenters. The largest absolute Gasteiger partial charge is 0.345 e. The first-order chi connectivity index (χ1) is 11.3. The fourth-order valence-electron chi connectivity index (χ4n) is 3.36. The van der Waals surface area contributed by atoms with Gasteiger partial charge in [0.25, 0.3) is 0 Å². The Morgan fingerprint density at radius 2 is 1.83 bits per heavy atom. The Hall–Kier alpha value is -2.03. The number of benzene rings is 1. The van der Waals surface area contributed by atoms with E-state index in [2.05, 4.69) is 52.1 Å². The smallest absolute Gasteiger partial charge is 0.226 e. The quantitative estimate of drug-likeness (QED) is 0.796. The van der Waals surface area contributed by atoms with Crippen LogP contribution in [0.4, 0.5) is 0 Å². The number of hydrogen-bond donors (Lipinski definition) is 0. The minimum absolute atomic E-state index is 0.299. The van der Waals surface area contributed by atoms with E-state index >= 15 is 0 Å². The molecule has 2 aliphatic carbocycles. The van der Waals surface area contributed by atoms with Crippen LogP contribution in [0.2, 0.25) is 0 Å². The van der Waals surface area contributed by atoms with E-state index in [9.17, 15) is 4.79 Å². The molecular formula is C20H24N2O. The highest BCUT2D eigenvalue weighted by Gasteiger charge is 2.37. The zero-order chi connectivity index (χ0) is 15.6. The second-order valence-electron chi connectivity index (χ2n) is 6.94. The molecule has 1 aromatic carbocycles. The van der Waals surface area contributed by atoms with Crippen LogP contribution in [0.1, 0.15) is 43.4 Å². The molecule has 120 valence electrons. The van der Waals surface area contributed by atoms with Crippen molar-refractivity contribution in [3.05, 3.63) is 59.9 Å². The van der Waals surface area contributed by atoms with Crippen molar-refractivity contribution in [2.24, 2.45) is 5.92 Å². The highest BCUT2D eigenvalue weighted by atomic mass is 16.2. The van der Waals surface area contributed by atoms with E-state index < -0.39 is 0 Å². The summed E-state index contributed by atoms with van der Waals surface area (Å²) in [7, 11) is 0. The van der Waals surface area contributed by atoms with Crippen molar-refractivity contribution in [2.45, 2.75) is 51.2 Å². The zero-order valence-electron chi connectivity index (χ0n) is 13.5. The summed E-state index contributed by atoms with van der Waals surface area (Å²) in [5, 5.41) is 0. The van der Waals surface area contributed by atoms with Crippen molar-refractivity contribution in [1.29, 1.82) is 0 Å². The van der Waals surface area contributed by atoms with Crippen LogP contribution in [0.3, 0.4) is 0 Å². The molecule has 2 aromatic rings. The minimum atomic E-state index is 0.299. The van der Waals surface area contributed by atoms with Gasteiger partial charge in [-0.15, -0.1) is 0 Å². The second-order valence-corrected chi connectivity index (χ2v) is 6.94. The Bertz CT molecular complexity index is 668.